The predicted octanol–water partition coefficient (Wildman–Crippen LogP) is -0.478. The smallest absolute Gasteiger partial charge is 0.152 e. The van der Waals surface area contributed by atoms with Crippen molar-refractivity contribution >= 4 is 9.84 Å². The number of nitrogens with two attached hydrogens (primary N) is 1. The minimum atomic E-state index is -2.78. The van der Waals surface area contributed by atoms with Gasteiger partial charge in [-0.2, -0.15) is 0 Å². The first-order valence-electron chi connectivity index (χ1n) is 2.91. The van der Waals surface area contributed by atoms with Crippen LogP contribution in [0.2, 0.25) is 0 Å². The summed E-state index contributed by atoms with van der Waals surface area (Å²) in [5.74, 6) is 0.417. The lowest BCUT2D eigenvalue weighted by molar-refractivity contribution is 0.530. The molecule has 0 unspecified atom stereocenters. The molecule has 0 amide bonds. The Hall–Kier alpha value is -0.0900. The standard InChI is InChI=1S/C5H11NO2S/c1-5(6)2-3-9(7,8)4-5/h2-4,6H2,1H3/t5-/m1/s1. The molecule has 3 nitrogen and oxygen atoms in total. The third kappa shape index (κ3) is 1.66. The molecule has 1 heterocycles. The van der Waals surface area contributed by atoms with Gasteiger partial charge in [0.15, 0.2) is 9.84 Å². The fraction of sp³-hybridized carbons (Fsp3) is 1.00. The molecule has 0 aliphatic carbocycles. The quantitative estimate of drug-likeness (QED) is 0.506. The van der Waals surface area contributed by atoms with Crippen LogP contribution in [0.15, 0.2) is 0 Å². The summed E-state index contributed by atoms with van der Waals surface area (Å²) < 4.78 is 21.5. The van der Waals surface area contributed by atoms with Crippen molar-refractivity contribution in [1.29, 1.82) is 0 Å². The molecule has 1 aliphatic rings. The lowest BCUT2D eigenvalue weighted by atomic mass is 10.1. The van der Waals surface area contributed by atoms with Crippen LogP contribution in [0.25, 0.3) is 0 Å². The molecule has 54 valence electrons. The van der Waals surface area contributed by atoms with Gasteiger partial charge in [-0.1, -0.05) is 0 Å². The first kappa shape index (κ1) is 7.02. The van der Waals surface area contributed by atoms with Crippen LogP contribution in [0.5, 0.6) is 0 Å². The first-order chi connectivity index (χ1) is 3.91. The highest BCUT2D eigenvalue weighted by Crippen LogP contribution is 2.19. The van der Waals surface area contributed by atoms with E-state index in [2.05, 4.69) is 0 Å². The van der Waals surface area contributed by atoms with Crippen LogP contribution in [0.3, 0.4) is 0 Å². The van der Waals surface area contributed by atoms with E-state index in [-0.39, 0.29) is 11.5 Å². The highest BCUT2D eigenvalue weighted by molar-refractivity contribution is 7.91. The second-order valence-electron chi connectivity index (χ2n) is 3.00. The third-order valence-electron chi connectivity index (χ3n) is 1.53. The Morgan fingerprint density at radius 3 is 2.22 bits per heavy atom. The van der Waals surface area contributed by atoms with Gasteiger partial charge in [0.05, 0.1) is 11.5 Å². The van der Waals surface area contributed by atoms with Crippen molar-refractivity contribution in [3.63, 3.8) is 0 Å². The van der Waals surface area contributed by atoms with E-state index in [1.54, 1.807) is 6.92 Å². The van der Waals surface area contributed by atoms with Crippen LogP contribution in [0.1, 0.15) is 13.3 Å². The highest BCUT2D eigenvalue weighted by atomic mass is 32.2. The van der Waals surface area contributed by atoms with E-state index in [0.29, 0.717) is 6.42 Å². The molecule has 0 aromatic carbocycles. The van der Waals surface area contributed by atoms with Gasteiger partial charge in [-0.15, -0.1) is 0 Å². The lowest BCUT2D eigenvalue weighted by Crippen LogP contribution is -2.36. The molecule has 0 bridgehead atoms. The molecular formula is C5H11NO2S. The van der Waals surface area contributed by atoms with E-state index >= 15 is 0 Å². The minimum Gasteiger partial charge on any atom is -0.324 e. The van der Waals surface area contributed by atoms with Crippen molar-refractivity contribution in [3.05, 3.63) is 0 Å². The van der Waals surface area contributed by atoms with Gasteiger partial charge < -0.3 is 5.73 Å². The molecule has 9 heavy (non-hydrogen) atoms. The van der Waals surface area contributed by atoms with Gasteiger partial charge in [-0.3, -0.25) is 0 Å². The first-order valence-corrected chi connectivity index (χ1v) is 4.73. The van der Waals surface area contributed by atoms with E-state index in [1.165, 1.54) is 0 Å². The van der Waals surface area contributed by atoms with Gasteiger partial charge in [0.25, 0.3) is 0 Å². The average Bonchev–Trinajstić information content (AvgIpc) is 1.78. The van der Waals surface area contributed by atoms with E-state index in [1.807, 2.05) is 0 Å². The summed E-state index contributed by atoms with van der Waals surface area (Å²) in [5, 5.41) is 0. The summed E-state index contributed by atoms with van der Waals surface area (Å²) in [4.78, 5) is 0. The number of rotatable bonds is 0. The molecule has 1 rings (SSSR count). The molecule has 1 aliphatic heterocycles. The van der Waals surface area contributed by atoms with Crippen LogP contribution < -0.4 is 5.73 Å². The maximum Gasteiger partial charge on any atom is 0.152 e. The SMILES string of the molecule is C[C@@]1(N)CCS(=O)(=O)C1. The summed E-state index contributed by atoms with van der Waals surface area (Å²) >= 11 is 0. The zero-order valence-corrected chi connectivity index (χ0v) is 6.24. The second-order valence-corrected chi connectivity index (χ2v) is 5.18. The fourth-order valence-electron chi connectivity index (χ4n) is 1.04. The molecule has 1 saturated heterocycles. The number of hydrogen-bond acceptors (Lipinski definition) is 3. The fourth-order valence-corrected chi connectivity index (χ4v) is 3.11. The molecule has 2 N–H and O–H groups in total. The second kappa shape index (κ2) is 1.70. The zero-order chi connectivity index (χ0) is 7.12. The average molecular weight is 149 g/mol. The van der Waals surface area contributed by atoms with E-state index in [0.717, 1.165) is 0 Å². The number of sulfone groups is 1. The van der Waals surface area contributed by atoms with Crippen molar-refractivity contribution in [2.75, 3.05) is 11.5 Å². The van der Waals surface area contributed by atoms with Gasteiger partial charge >= 0.3 is 0 Å². The van der Waals surface area contributed by atoms with Gasteiger partial charge in [0.1, 0.15) is 0 Å². The Bertz CT molecular complexity index is 205. The zero-order valence-electron chi connectivity index (χ0n) is 5.42. The van der Waals surface area contributed by atoms with Gasteiger partial charge in [0, 0.05) is 5.54 Å². The summed E-state index contributed by atoms with van der Waals surface area (Å²) in [6.07, 6.45) is 0.606. The normalized spacial score (nSPS) is 41.1. The van der Waals surface area contributed by atoms with E-state index in [4.69, 9.17) is 5.73 Å². The van der Waals surface area contributed by atoms with Crippen molar-refractivity contribution in [2.45, 2.75) is 18.9 Å². The molecule has 0 radical (unpaired) electrons. The molecule has 4 heteroatoms. The maximum absolute atomic E-state index is 10.8. The van der Waals surface area contributed by atoms with Crippen LogP contribution in [0.4, 0.5) is 0 Å². The molecule has 0 saturated carbocycles. The Balaban J connectivity index is 2.81. The summed E-state index contributed by atoms with van der Waals surface area (Å²) in [5.41, 5.74) is 5.11. The third-order valence-corrected chi connectivity index (χ3v) is 3.46. The van der Waals surface area contributed by atoms with Gasteiger partial charge in [-0.05, 0) is 13.3 Å². The van der Waals surface area contributed by atoms with E-state index < -0.39 is 15.4 Å². The Morgan fingerprint density at radius 1 is 1.56 bits per heavy atom. The molecule has 0 spiro atoms. The molecular weight excluding hydrogens is 138 g/mol. The molecule has 0 aromatic heterocycles. The molecule has 1 fully saturated rings. The summed E-state index contributed by atoms with van der Waals surface area (Å²) in [6, 6.07) is 0. The van der Waals surface area contributed by atoms with Crippen molar-refractivity contribution < 1.29 is 8.42 Å². The number of hydrogen-bond donors (Lipinski definition) is 1. The maximum atomic E-state index is 10.8. The highest BCUT2D eigenvalue weighted by Gasteiger charge is 2.34. The Morgan fingerprint density at radius 2 is 2.11 bits per heavy atom. The van der Waals surface area contributed by atoms with Crippen LogP contribution in [0, 0.1) is 0 Å². The topological polar surface area (TPSA) is 60.2 Å². The van der Waals surface area contributed by atoms with Crippen molar-refractivity contribution in [1.82, 2.24) is 0 Å². The minimum absolute atomic E-state index is 0.153. The lowest BCUT2D eigenvalue weighted by Gasteiger charge is -2.12. The summed E-state index contributed by atoms with van der Waals surface area (Å²) in [6.45, 7) is 1.78. The predicted molar refractivity (Wildman–Crippen MR) is 35.9 cm³/mol. The monoisotopic (exact) mass is 149 g/mol. The van der Waals surface area contributed by atoms with Crippen molar-refractivity contribution in [2.24, 2.45) is 5.73 Å². The van der Waals surface area contributed by atoms with E-state index in [9.17, 15) is 8.42 Å². The van der Waals surface area contributed by atoms with Crippen LogP contribution in [-0.2, 0) is 9.84 Å². The van der Waals surface area contributed by atoms with Gasteiger partial charge in [0.2, 0.25) is 0 Å². The largest absolute Gasteiger partial charge is 0.324 e. The van der Waals surface area contributed by atoms with Crippen LogP contribution in [-0.4, -0.2) is 25.5 Å². The van der Waals surface area contributed by atoms with Crippen LogP contribution >= 0.6 is 0 Å². The van der Waals surface area contributed by atoms with Crippen molar-refractivity contribution in [3.8, 4) is 0 Å². The Kier molecular flexibility index (Phi) is 1.33. The molecule has 1 atom stereocenters. The summed E-state index contributed by atoms with van der Waals surface area (Å²) in [7, 11) is -2.78. The van der Waals surface area contributed by atoms with Gasteiger partial charge in [-0.25, -0.2) is 8.42 Å². The molecule has 0 aromatic rings. The Labute approximate surface area is 55.2 Å².